The Balaban J connectivity index is 1.59. The van der Waals surface area contributed by atoms with Crippen LogP contribution in [0.2, 0.25) is 0 Å². The molecule has 4 rings (SSSR count). The number of aromatic nitrogens is 2. The molecule has 29 heavy (non-hydrogen) atoms. The summed E-state index contributed by atoms with van der Waals surface area (Å²) in [6.07, 6.45) is 0.189. The standard InChI is InChI=1S/C19H13F2N3O3S2/c20-14-8-7-13(11-15(14)21)29(25,26)24-16-5-2-1-4-12(16)10-18-22-19(23-27-18)17-6-3-9-28-17/h1-9,11,24H,10H2. The fraction of sp³-hybridized carbons (Fsp3) is 0.0526. The summed E-state index contributed by atoms with van der Waals surface area (Å²) >= 11 is 1.47. The first-order valence-electron chi connectivity index (χ1n) is 8.34. The zero-order chi connectivity index (χ0) is 20.4. The highest BCUT2D eigenvalue weighted by atomic mass is 32.2. The van der Waals surface area contributed by atoms with Crippen molar-refractivity contribution in [3.8, 4) is 10.7 Å². The molecule has 2 heterocycles. The lowest BCUT2D eigenvalue weighted by Crippen LogP contribution is -2.15. The highest BCUT2D eigenvalue weighted by Crippen LogP contribution is 2.25. The number of para-hydroxylation sites is 1. The normalized spacial score (nSPS) is 11.5. The van der Waals surface area contributed by atoms with Crippen LogP contribution in [0.1, 0.15) is 11.5 Å². The number of rotatable bonds is 6. The third-order valence-electron chi connectivity index (χ3n) is 4.01. The first-order chi connectivity index (χ1) is 13.9. The minimum Gasteiger partial charge on any atom is -0.339 e. The van der Waals surface area contributed by atoms with E-state index in [1.807, 2.05) is 17.5 Å². The van der Waals surface area contributed by atoms with Crippen molar-refractivity contribution in [1.29, 1.82) is 0 Å². The van der Waals surface area contributed by atoms with Crippen LogP contribution >= 0.6 is 11.3 Å². The lowest BCUT2D eigenvalue weighted by Gasteiger charge is -2.12. The number of hydrogen-bond acceptors (Lipinski definition) is 6. The van der Waals surface area contributed by atoms with Crippen LogP contribution in [-0.2, 0) is 16.4 Å². The smallest absolute Gasteiger partial charge is 0.262 e. The van der Waals surface area contributed by atoms with Gasteiger partial charge in [0.15, 0.2) is 11.6 Å². The second-order valence-corrected chi connectivity index (χ2v) is 8.63. The number of thiophene rings is 1. The molecule has 0 saturated carbocycles. The van der Waals surface area contributed by atoms with Crippen LogP contribution in [0.15, 0.2) is 69.4 Å². The topological polar surface area (TPSA) is 85.1 Å². The minimum atomic E-state index is -4.12. The van der Waals surface area contributed by atoms with Gasteiger partial charge in [0.25, 0.3) is 10.0 Å². The molecule has 0 radical (unpaired) electrons. The number of sulfonamides is 1. The zero-order valence-electron chi connectivity index (χ0n) is 14.7. The summed E-state index contributed by atoms with van der Waals surface area (Å²) < 4.78 is 59.4. The predicted molar refractivity (Wildman–Crippen MR) is 104 cm³/mol. The molecule has 4 aromatic rings. The van der Waals surface area contributed by atoms with Crippen LogP contribution in [0.5, 0.6) is 0 Å². The second kappa shape index (κ2) is 7.72. The molecular weight excluding hydrogens is 420 g/mol. The Labute approximate surface area is 168 Å². The molecule has 0 spiro atoms. The first kappa shape index (κ1) is 19.2. The molecule has 2 aromatic carbocycles. The van der Waals surface area contributed by atoms with Gasteiger partial charge in [-0.25, -0.2) is 17.2 Å². The molecule has 2 aromatic heterocycles. The Morgan fingerprint density at radius 3 is 2.62 bits per heavy atom. The summed E-state index contributed by atoms with van der Waals surface area (Å²) in [4.78, 5) is 4.80. The summed E-state index contributed by atoms with van der Waals surface area (Å²) in [6, 6.07) is 12.8. The fourth-order valence-electron chi connectivity index (χ4n) is 2.62. The van der Waals surface area contributed by atoms with E-state index in [0.29, 0.717) is 23.3 Å². The minimum absolute atomic E-state index is 0.189. The average Bonchev–Trinajstić information content (AvgIpc) is 3.37. The van der Waals surface area contributed by atoms with Crippen LogP contribution in [0.25, 0.3) is 10.7 Å². The van der Waals surface area contributed by atoms with Crippen molar-refractivity contribution in [3.05, 3.63) is 83.1 Å². The SMILES string of the molecule is O=S(=O)(Nc1ccccc1Cc1nc(-c2cccs2)no1)c1ccc(F)c(F)c1. The van der Waals surface area contributed by atoms with Gasteiger partial charge in [0.1, 0.15) is 0 Å². The van der Waals surface area contributed by atoms with E-state index in [9.17, 15) is 17.2 Å². The molecule has 0 atom stereocenters. The van der Waals surface area contributed by atoms with Gasteiger partial charge in [0, 0.05) is 0 Å². The van der Waals surface area contributed by atoms with Crippen LogP contribution in [-0.4, -0.2) is 18.6 Å². The lowest BCUT2D eigenvalue weighted by atomic mass is 10.1. The maximum absolute atomic E-state index is 13.4. The van der Waals surface area contributed by atoms with E-state index in [1.165, 1.54) is 11.3 Å². The predicted octanol–water partition coefficient (Wildman–Crippen LogP) is 4.47. The Morgan fingerprint density at radius 1 is 1.03 bits per heavy atom. The van der Waals surface area contributed by atoms with E-state index in [0.717, 1.165) is 17.0 Å². The molecule has 0 aliphatic heterocycles. The number of benzene rings is 2. The van der Waals surface area contributed by atoms with Crippen molar-refractivity contribution >= 4 is 27.0 Å². The van der Waals surface area contributed by atoms with Gasteiger partial charge in [-0.2, -0.15) is 4.98 Å². The molecule has 0 aliphatic rings. The molecule has 6 nitrogen and oxygen atoms in total. The number of halogens is 2. The molecule has 1 N–H and O–H groups in total. The summed E-state index contributed by atoms with van der Waals surface area (Å²) in [6.45, 7) is 0. The quantitative estimate of drug-likeness (QED) is 0.485. The van der Waals surface area contributed by atoms with Gasteiger partial charge in [-0.05, 0) is 41.3 Å². The van der Waals surface area contributed by atoms with Crippen LogP contribution < -0.4 is 4.72 Å². The highest BCUT2D eigenvalue weighted by molar-refractivity contribution is 7.92. The molecule has 0 saturated heterocycles. The van der Waals surface area contributed by atoms with Crippen molar-refractivity contribution in [2.75, 3.05) is 4.72 Å². The third-order valence-corrected chi connectivity index (χ3v) is 6.24. The van der Waals surface area contributed by atoms with Gasteiger partial charge in [-0.3, -0.25) is 4.72 Å². The summed E-state index contributed by atoms with van der Waals surface area (Å²) in [7, 11) is -4.12. The van der Waals surface area contributed by atoms with Crippen molar-refractivity contribution in [3.63, 3.8) is 0 Å². The van der Waals surface area contributed by atoms with E-state index < -0.39 is 21.7 Å². The Kier molecular flexibility index (Phi) is 5.12. The van der Waals surface area contributed by atoms with Gasteiger partial charge in [0.2, 0.25) is 11.7 Å². The molecular formula is C19H13F2N3O3S2. The largest absolute Gasteiger partial charge is 0.339 e. The Morgan fingerprint density at radius 2 is 1.86 bits per heavy atom. The molecule has 10 heteroatoms. The van der Waals surface area contributed by atoms with E-state index in [1.54, 1.807) is 24.3 Å². The Hall–Kier alpha value is -3.11. The molecule has 0 fully saturated rings. The first-order valence-corrected chi connectivity index (χ1v) is 10.7. The monoisotopic (exact) mass is 433 g/mol. The maximum atomic E-state index is 13.4. The van der Waals surface area contributed by atoms with Crippen molar-refractivity contribution in [2.24, 2.45) is 0 Å². The zero-order valence-corrected chi connectivity index (χ0v) is 16.3. The summed E-state index contributed by atoms with van der Waals surface area (Å²) in [5, 5.41) is 5.83. The molecule has 0 aliphatic carbocycles. The number of nitrogens with zero attached hydrogens (tertiary/aromatic N) is 2. The fourth-order valence-corrected chi connectivity index (χ4v) is 4.38. The molecule has 0 unspecified atom stereocenters. The van der Waals surface area contributed by atoms with Crippen LogP contribution in [0, 0.1) is 11.6 Å². The number of nitrogens with one attached hydrogen (secondary N) is 1. The lowest BCUT2D eigenvalue weighted by molar-refractivity contribution is 0.386. The van der Waals surface area contributed by atoms with Gasteiger partial charge in [-0.15, -0.1) is 11.3 Å². The van der Waals surface area contributed by atoms with Crippen LogP contribution in [0.3, 0.4) is 0 Å². The second-order valence-electron chi connectivity index (χ2n) is 6.00. The van der Waals surface area contributed by atoms with Crippen LogP contribution in [0.4, 0.5) is 14.5 Å². The third kappa shape index (κ3) is 4.17. The van der Waals surface area contributed by atoms with Crippen molar-refractivity contribution < 1.29 is 21.7 Å². The highest BCUT2D eigenvalue weighted by Gasteiger charge is 2.19. The van der Waals surface area contributed by atoms with E-state index in [2.05, 4.69) is 14.9 Å². The van der Waals surface area contributed by atoms with Crippen molar-refractivity contribution in [1.82, 2.24) is 10.1 Å². The van der Waals surface area contributed by atoms with E-state index >= 15 is 0 Å². The van der Waals surface area contributed by atoms with E-state index in [4.69, 9.17) is 4.52 Å². The summed E-state index contributed by atoms with van der Waals surface area (Å²) in [5.74, 6) is -1.60. The number of hydrogen-bond donors (Lipinski definition) is 1. The number of anilines is 1. The maximum Gasteiger partial charge on any atom is 0.262 e. The van der Waals surface area contributed by atoms with Gasteiger partial charge < -0.3 is 4.52 Å². The average molecular weight is 433 g/mol. The van der Waals surface area contributed by atoms with Gasteiger partial charge in [0.05, 0.1) is 21.9 Å². The summed E-state index contributed by atoms with van der Waals surface area (Å²) in [5.41, 5.74) is 0.855. The van der Waals surface area contributed by atoms with Crippen molar-refractivity contribution in [2.45, 2.75) is 11.3 Å². The van der Waals surface area contributed by atoms with Gasteiger partial charge in [-0.1, -0.05) is 29.4 Å². The van der Waals surface area contributed by atoms with Gasteiger partial charge >= 0.3 is 0 Å². The molecule has 0 amide bonds. The molecule has 0 bridgehead atoms. The molecule has 148 valence electrons. The van der Waals surface area contributed by atoms with E-state index in [-0.39, 0.29) is 17.0 Å². The Bertz CT molecular complexity index is 1260.